The Balaban J connectivity index is 2.63. The molecule has 88 valence electrons. The lowest BCUT2D eigenvalue weighted by atomic mass is 10.0. The van der Waals surface area contributed by atoms with Crippen LogP contribution in [0, 0.1) is 13.8 Å². The van der Waals surface area contributed by atoms with Gasteiger partial charge in [0.2, 0.25) is 0 Å². The van der Waals surface area contributed by atoms with Gasteiger partial charge in [0.15, 0.2) is 0 Å². The van der Waals surface area contributed by atoms with Gasteiger partial charge in [0.25, 0.3) is 11.7 Å². The molecule has 0 saturated heterocycles. The van der Waals surface area contributed by atoms with E-state index in [0.29, 0.717) is 12.1 Å². The van der Waals surface area contributed by atoms with E-state index in [4.69, 9.17) is 0 Å². The maximum atomic E-state index is 11.9. The summed E-state index contributed by atoms with van der Waals surface area (Å²) < 4.78 is 0. The number of amides is 1. The number of benzene rings is 1. The second kappa shape index (κ2) is 3.84. The van der Waals surface area contributed by atoms with Crippen molar-refractivity contribution in [1.29, 1.82) is 0 Å². The van der Waals surface area contributed by atoms with Gasteiger partial charge in [-0.3, -0.25) is 9.59 Å². The van der Waals surface area contributed by atoms with Gasteiger partial charge in [-0.15, -0.1) is 0 Å². The summed E-state index contributed by atoms with van der Waals surface area (Å²) in [4.78, 5) is 25.4. The van der Waals surface area contributed by atoms with Crippen LogP contribution in [0.3, 0.4) is 0 Å². The van der Waals surface area contributed by atoms with E-state index in [0.717, 1.165) is 22.4 Å². The number of anilines is 1. The van der Waals surface area contributed by atoms with Crippen LogP contribution in [0.25, 0.3) is 0 Å². The minimum atomic E-state index is -0.444. The van der Waals surface area contributed by atoms with E-state index in [1.807, 2.05) is 32.9 Å². The largest absolute Gasteiger partial charge is 0.300 e. The van der Waals surface area contributed by atoms with Crippen LogP contribution >= 0.6 is 0 Å². The van der Waals surface area contributed by atoms with Gasteiger partial charge in [0.05, 0.1) is 11.3 Å². The molecule has 3 heteroatoms. The predicted octanol–water partition coefficient (Wildman–Crippen LogP) is 2.41. The third-order valence-electron chi connectivity index (χ3n) is 2.95. The Morgan fingerprint density at radius 3 is 2.41 bits per heavy atom. The van der Waals surface area contributed by atoms with E-state index >= 15 is 0 Å². The van der Waals surface area contributed by atoms with E-state index in [1.54, 1.807) is 0 Å². The summed E-state index contributed by atoms with van der Waals surface area (Å²) >= 11 is 0. The molecule has 1 heterocycles. The van der Waals surface area contributed by atoms with Gasteiger partial charge in [-0.2, -0.15) is 0 Å². The molecule has 1 aromatic carbocycles. The molecule has 3 nitrogen and oxygen atoms in total. The molecule has 1 aliphatic heterocycles. The fourth-order valence-electron chi connectivity index (χ4n) is 2.18. The summed E-state index contributed by atoms with van der Waals surface area (Å²) in [7, 11) is 0. The first-order valence-corrected chi connectivity index (χ1v) is 5.54. The number of hydrogen-bond acceptors (Lipinski definition) is 2. The Morgan fingerprint density at radius 1 is 1.24 bits per heavy atom. The van der Waals surface area contributed by atoms with Crippen LogP contribution in [0.15, 0.2) is 24.3 Å². The van der Waals surface area contributed by atoms with Crippen molar-refractivity contribution in [3.05, 3.63) is 41.0 Å². The summed E-state index contributed by atoms with van der Waals surface area (Å²) in [6.45, 7) is 9.82. The second-order valence-electron chi connectivity index (χ2n) is 4.60. The summed E-state index contributed by atoms with van der Waals surface area (Å²) in [5.74, 6) is -0.845. The molecular formula is C14H15NO2. The Morgan fingerprint density at radius 2 is 1.82 bits per heavy atom. The standard InChI is InChI=1S/C14H15NO2/c1-8(2)7-15-12-10(4)6-5-9(3)11(12)13(16)14(15)17/h5-6H,1,7H2,2-4H3. The van der Waals surface area contributed by atoms with Crippen molar-refractivity contribution in [3.63, 3.8) is 0 Å². The quantitative estimate of drug-likeness (QED) is 0.577. The molecule has 0 fully saturated rings. The molecule has 1 aromatic rings. The van der Waals surface area contributed by atoms with Gasteiger partial charge in [0, 0.05) is 6.54 Å². The lowest BCUT2D eigenvalue weighted by molar-refractivity contribution is -0.114. The van der Waals surface area contributed by atoms with Gasteiger partial charge in [-0.05, 0) is 31.9 Å². The summed E-state index contributed by atoms with van der Waals surface area (Å²) in [6, 6.07) is 3.81. The van der Waals surface area contributed by atoms with Crippen molar-refractivity contribution < 1.29 is 9.59 Å². The van der Waals surface area contributed by atoms with Crippen LogP contribution in [0.1, 0.15) is 28.4 Å². The van der Waals surface area contributed by atoms with Crippen molar-refractivity contribution >= 4 is 17.4 Å². The molecule has 0 radical (unpaired) electrons. The van der Waals surface area contributed by atoms with Crippen LogP contribution in [-0.2, 0) is 4.79 Å². The van der Waals surface area contributed by atoms with Crippen molar-refractivity contribution in [1.82, 2.24) is 0 Å². The normalized spacial score (nSPS) is 14.2. The number of carbonyl (C=O) groups is 2. The number of ketones is 1. The second-order valence-corrected chi connectivity index (χ2v) is 4.60. The Hall–Kier alpha value is -1.90. The van der Waals surface area contributed by atoms with Crippen LogP contribution in [-0.4, -0.2) is 18.2 Å². The third kappa shape index (κ3) is 1.68. The molecule has 1 amide bonds. The smallest absolute Gasteiger partial charge is 0.299 e. The highest BCUT2D eigenvalue weighted by atomic mass is 16.2. The fraction of sp³-hybridized carbons (Fsp3) is 0.286. The zero-order valence-corrected chi connectivity index (χ0v) is 10.3. The SMILES string of the molecule is C=C(C)CN1C(=O)C(=O)c2c(C)ccc(C)c21. The molecule has 17 heavy (non-hydrogen) atoms. The van der Waals surface area contributed by atoms with Gasteiger partial charge >= 0.3 is 0 Å². The zero-order valence-electron chi connectivity index (χ0n) is 10.3. The van der Waals surface area contributed by atoms with Crippen molar-refractivity contribution in [3.8, 4) is 0 Å². The maximum absolute atomic E-state index is 11.9. The van der Waals surface area contributed by atoms with Gasteiger partial charge in [0.1, 0.15) is 0 Å². The number of aryl methyl sites for hydroxylation is 2. The molecule has 0 N–H and O–H groups in total. The topological polar surface area (TPSA) is 37.4 Å². The van der Waals surface area contributed by atoms with Crippen LogP contribution in [0.2, 0.25) is 0 Å². The minimum absolute atomic E-state index is 0.401. The number of fused-ring (bicyclic) bond motifs is 1. The number of Topliss-reactive ketones (excluding diaryl/α,β-unsaturated/α-hetero) is 1. The van der Waals surface area contributed by atoms with Crippen LogP contribution in [0.4, 0.5) is 5.69 Å². The Kier molecular flexibility index (Phi) is 2.62. The first-order chi connectivity index (χ1) is 7.93. The minimum Gasteiger partial charge on any atom is -0.300 e. The number of rotatable bonds is 2. The molecule has 0 bridgehead atoms. The van der Waals surface area contributed by atoms with Gasteiger partial charge in [-0.25, -0.2) is 0 Å². The molecule has 0 aromatic heterocycles. The molecule has 0 spiro atoms. The van der Waals surface area contributed by atoms with Crippen molar-refractivity contribution in [2.45, 2.75) is 20.8 Å². The molecule has 1 aliphatic rings. The molecule has 0 saturated carbocycles. The van der Waals surface area contributed by atoms with Crippen molar-refractivity contribution in [2.75, 3.05) is 11.4 Å². The molecule has 0 atom stereocenters. The van der Waals surface area contributed by atoms with Crippen LogP contribution < -0.4 is 4.90 Å². The van der Waals surface area contributed by atoms with E-state index in [-0.39, 0.29) is 0 Å². The van der Waals surface area contributed by atoms with Crippen LogP contribution in [0.5, 0.6) is 0 Å². The average Bonchev–Trinajstić information content (AvgIpc) is 2.49. The molecule has 0 aliphatic carbocycles. The van der Waals surface area contributed by atoms with E-state index in [9.17, 15) is 9.59 Å². The van der Waals surface area contributed by atoms with Gasteiger partial charge in [-0.1, -0.05) is 24.3 Å². The number of nitrogens with zero attached hydrogens (tertiary/aromatic N) is 1. The van der Waals surface area contributed by atoms with Crippen molar-refractivity contribution in [2.24, 2.45) is 0 Å². The summed E-state index contributed by atoms with van der Waals surface area (Å²) in [6.07, 6.45) is 0. The highest BCUT2D eigenvalue weighted by Crippen LogP contribution is 2.34. The summed E-state index contributed by atoms with van der Waals surface area (Å²) in [5.41, 5.74) is 3.97. The predicted molar refractivity (Wildman–Crippen MR) is 67.4 cm³/mol. The first-order valence-electron chi connectivity index (χ1n) is 5.54. The number of carbonyl (C=O) groups excluding carboxylic acids is 2. The summed E-state index contributed by atoms with van der Waals surface area (Å²) in [5, 5.41) is 0. The number of hydrogen-bond donors (Lipinski definition) is 0. The van der Waals surface area contributed by atoms with E-state index in [2.05, 4.69) is 6.58 Å². The lowest BCUT2D eigenvalue weighted by Crippen LogP contribution is -2.31. The third-order valence-corrected chi connectivity index (χ3v) is 2.95. The monoisotopic (exact) mass is 229 g/mol. The first kappa shape index (κ1) is 11.6. The van der Waals surface area contributed by atoms with E-state index in [1.165, 1.54) is 4.90 Å². The molecular weight excluding hydrogens is 214 g/mol. The zero-order chi connectivity index (χ0) is 12.7. The fourth-order valence-corrected chi connectivity index (χ4v) is 2.18. The Labute approximate surface area is 101 Å². The molecule has 0 unspecified atom stereocenters. The van der Waals surface area contributed by atoms with Gasteiger partial charge < -0.3 is 4.90 Å². The molecule has 2 rings (SSSR count). The average molecular weight is 229 g/mol. The highest BCUT2D eigenvalue weighted by molar-refractivity contribution is 6.52. The lowest BCUT2D eigenvalue weighted by Gasteiger charge is -2.18. The van der Waals surface area contributed by atoms with E-state index < -0.39 is 11.7 Å². The maximum Gasteiger partial charge on any atom is 0.299 e. The Bertz CT molecular complexity index is 543. The highest BCUT2D eigenvalue weighted by Gasteiger charge is 2.37.